The zero-order valence-corrected chi connectivity index (χ0v) is 13.3. The second-order valence-electron chi connectivity index (χ2n) is 6.61. The number of ether oxygens (including phenoxy) is 1. The molecule has 2 atom stereocenters. The average Bonchev–Trinajstić information content (AvgIpc) is 2.89. The fraction of sp³-hybridized carbons (Fsp3) is 0.941. The molecule has 0 radical (unpaired) electrons. The van der Waals surface area contributed by atoms with Gasteiger partial charge in [-0.2, -0.15) is 0 Å². The third-order valence-electron chi connectivity index (χ3n) is 5.41. The Labute approximate surface area is 124 Å². The third kappa shape index (κ3) is 3.75. The highest BCUT2D eigenvalue weighted by atomic mass is 16.5. The first-order valence-corrected chi connectivity index (χ1v) is 8.61. The molecule has 2 fully saturated rings. The normalized spacial score (nSPS) is 32.0. The molecule has 116 valence electrons. The zero-order valence-electron chi connectivity index (χ0n) is 13.3. The van der Waals surface area contributed by atoms with Crippen LogP contribution in [-0.2, 0) is 9.53 Å². The molecule has 0 N–H and O–H groups in total. The first kappa shape index (κ1) is 15.8. The minimum Gasteiger partial charge on any atom is -0.466 e. The van der Waals surface area contributed by atoms with Gasteiger partial charge in [-0.15, -0.1) is 0 Å². The van der Waals surface area contributed by atoms with E-state index in [1.165, 1.54) is 64.5 Å². The monoisotopic (exact) mass is 281 g/mol. The van der Waals surface area contributed by atoms with Crippen LogP contribution in [0.3, 0.4) is 0 Å². The smallest absolute Gasteiger partial charge is 0.307 e. The SMILES string of the molecule is CCOC(=O)CC1(N2CCCC2)CCCC(CC)CC1. The fourth-order valence-electron chi connectivity index (χ4n) is 4.15. The Balaban J connectivity index is 2.08. The van der Waals surface area contributed by atoms with Crippen LogP contribution >= 0.6 is 0 Å². The van der Waals surface area contributed by atoms with Crippen LogP contribution in [-0.4, -0.2) is 36.1 Å². The van der Waals surface area contributed by atoms with E-state index in [0.717, 1.165) is 5.92 Å². The van der Waals surface area contributed by atoms with Crippen molar-refractivity contribution in [1.82, 2.24) is 4.90 Å². The lowest BCUT2D eigenvalue weighted by Crippen LogP contribution is -2.48. The number of rotatable bonds is 5. The van der Waals surface area contributed by atoms with Gasteiger partial charge in [0.1, 0.15) is 0 Å². The standard InChI is InChI=1S/C17H31NO2/c1-3-15-8-7-10-17(11-9-15,14-16(19)20-4-2)18-12-5-6-13-18/h15H,3-14H2,1-2H3. The Morgan fingerprint density at radius 2 is 1.90 bits per heavy atom. The second-order valence-corrected chi connectivity index (χ2v) is 6.61. The lowest BCUT2D eigenvalue weighted by Gasteiger charge is -2.41. The Hall–Kier alpha value is -0.570. The summed E-state index contributed by atoms with van der Waals surface area (Å²) in [7, 11) is 0. The molecule has 0 aromatic heterocycles. The quantitative estimate of drug-likeness (QED) is 0.567. The molecule has 1 saturated carbocycles. The summed E-state index contributed by atoms with van der Waals surface area (Å²) in [5.74, 6) is 0.871. The van der Waals surface area contributed by atoms with Crippen molar-refractivity contribution < 1.29 is 9.53 Å². The number of hydrogen-bond acceptors (Lipinski definition) is 3. The summed E-state index contributed by atoms with van der Waals surface area (Å²) in [6.07, 6.45) is 10.7. The molecule has 1 heterocycles. The first-order chi connectivity index (χ1) is 9.70. The molecule has 1 saturated heterocycles. The van der Waals surface area contributed by atoms with Crippen LogP contribution in [0.25, 0.3) is 0 Å². The fourth-order valence-corrected chi connectivity index (χ4v) is 4.15. The van der Waals surface area contributed by atoms with E-state index in [1.807, 2.05) is 6.92 Å². The van der Waals surface area contributed by atoms with Crippen LogP contribution in [0.4, 0.5) is 0 Å². The summed E-state index contributed by atoms with van der Waals surface area (Å²) in [5, 5.41) is 0. The molecule has 0 aromatic rings. The minimum absolute atomic E-state index is 0.00866. The number of likely N-dealkylation sites (tertiary alicyclic amines) is 1. The van der Waals surface area contributed by atoms with Gasteiger partial charge in [-0.3, -0.25) is 9.69 Å². The molecule has 1 aliphatic carbocycles. The van der Waals surface area contributed by atoms with E-state index >= 15 is 0 Å². The van der Waals surface area contributed by atoms with Gasteiger partial charge in [-0.1, -0.05) is 26.2 Å². The van der Waals surface area contributed by atoms with Crippen molar-refractivity contribution in [3.8, 4) is 0 Å². The highest BCUT2D eigenvalue weighted by Crippen LogP contribution is 2.40. The van der Waals surface area contributed by atoms with Crippen molar-refractivity contribution in [2.24, 2.45) is 5.92 Å². The molecule has 0 amide bonds. The zero-order chi connectivity index (χ0) is 14.4. The van der Waals surface area contributed by atoms with E-state index in [2.05, 4.69) is 11.8 Å². The van der Waals surface area contributed by atoms with Gasteiger partial charge in [0.2, 0.25) is 0 Å². The van der Waals surface area contributed by atoms with Crippen molar-refractivity contribution in [3.05, 3.63) is 0 Å². The van der Waals surface area contributed by atoms with Gasteiger partial charge in [0.25, 0.3) is 0 Å². The van der Waals surface area contributed by atoms with Crippen molar-refractivity contribution in [3.63, 3.8) is 0 Å². The van der Waals surface area contributed by atoms with Crippen molar-refractivity contribution in [2.75, 3.05) is 19.7 Å². The minimum atomic E-state index is 0.00866. The Bertz CT molecular complexity index is 312. The molecule has 0 aromatic carbocycles. The van der Waals surface area contributed by atoms with Crippen molar-refractivity contribution in [2.45, 2.75) is 77.2 Å². The summed E-state index contributed by atoms with van der Waals surface area (Å²) < 4.78 is 5.26. The van der Waals surface area contributed by atoms with Crippen molar-refractivity contribution >= 4 is 5.97 Å². The predicted molar refractivity (Wildman–Crippen MR) is 81.7 cm³/mol. The van der Waals surface area contributed by atoms with Crippen LogP contribution in [0.2, 0.25) is 0 Å². The molecule has 20 heavy (non-hydrogen) atoms. The summed E-state index contributed by atoms with van der Waals surface area (Å²) >= 11 is 0. The maximum Gasteiger partial charge on any atom is 0.307 e. The molecule has 2 unspecified atom stereocenters. The average molecular weight is 281 g/mol. The molecular formula is C17H31NO2. The molecular weight excluding hydrogens is 250 g/mol. The molecule has 2 rings (SSSR count). The maximum atomic E-state index is 12.1. The Kier molecular flexibility index (Phi) is 5.88. The lowest BCUT2D eigenvalue weighted by molar-refractivity contribution is -0.146. The highest BCUT2D eigenvalue weighted by Gasteiger charge is 2.41. The van der Waals surface area contributed by atoms with Crippen LogP contribution in [0, 0.1) is 5.92 Å². The Morgan fingerprint density at radius 1 is 1.15 bits per heavy atom. The lowest BCUT2D eigenvalue weighted by atomic mass is 9.84. The summed E-state index contributed by atoms with van der Waals surface area (Å²) in [5.41, 5.74) is 0.104. The van der Waals surface area contributed by atoms with Gasteiger partial charge in [0.05, 0.1) is 13.0 Å². The molecule has 3 heteroatoms. The van der Waals surface area contributed by atoms with Gasteiger partial charge in [0, 0.05) is 5.54 Å². The predicted octanol–water partition coefficient (Wildman–Crippen LogP) is 3.76. The number of hydrogen-bond donors (Lipinski definition) is 0. The number of carbonyl (C=O) groups is 1. The molecule has 3 nitrogen and oxygen atoms in total. The summed E-state index contributed by atoms with van der Waals surface area (Å²) in [6, 6.07) is 0. The number of esters is 1. The third-order valence-corrected chi connectivity index (χ3v) is 5.41. The first-order valence-electron chi connectivity index (χ1n) is 8.61. The van der Waals surface area contributed by atoms with Gasteiger partial charge in [0.15, 0.2) is 0 Å². The highest BCUT2D eigenvalue weighted by molar-refractivity contribution is 5.71. The summed E-state index contributed by atoms with van der Waals surface area (Å²) in [6.45, 7) is 7.07. The van der Waals surface area contributed by atoms with Crippen LogP contribution in [0.15, 0.2) is 0 Å². The van der Waals surface area contributed by atoms with Crippen molar-refractivity contribution in [1.29, 1.82) is 0 Å². The number of nitrogens with zero attached hydrogens (tertiary/aromatic N) is 1. The maximum absolute atomic E-state index is 12.1. The van der Waals surface area contributed by atoms with E-state index in [-0.39, 0.29) is 11.5 Å². The van der Waals surface area contributed by atoms with Gasteiger partial charge in [-0.25, -0.2) is 0 Å². The number of carbonyl (C=O) groups excluding carboxylic acids is 1. The topological polar surface area (TPSA) is 29.5 Å². The largest absolute Gasteiger partial charge is 0.466 e. The molecule has 2 aliphatic rings. The van der Waals surface area contributed by atoms with Crippen LogP contribution in [0.1, 0.15) is 71.6 Å². The molecule has 1 aliphatic heterocycles. The van der Waals surface area contributed by atoms with Gasteiger partial charge in [-0.05, 0) is 58.0 Å². The van der Waals surface area contributed by atoms with Crippen LogP contribution in [0.5, 0.6) is 0 Å². The second kappa shape index (κ2) is 7.44. The Morgan fingerprint density at radius 3 is 2.55 bits per heavy atom. The van der Waals surface area contributed by atoms with E-state index < -0.39 is 0 Å². The van der Waals surface area contributed by atoms with E-state index in [1.54, 1.807) is 0 Å². The van der Waals surface area contributed by atoms with Crippen LogP contribution < -0.4 is 0 Å². The molecule has 0 bridgehead atoms. The van der Waals surface area contributed by atoms with E-state index in [4.69, 9.17) is 4.74 Å². The van der Waals surface area contributed by atoms with E-state index in [0.29, 0.717) is 13.0 Å². The van der Waals surface area contributed by atoms with Gasteiger partial charge < -0.3 is 4.74 Å². The summed E-state index contributed by atoms with van der Waals surface area (Å²) in [4.78, 5) is 14.7. The molecule has 0 spiro atoms. The van der Waals surface area contributed by atoms with Gasteiger partial charge >= 0.3 is 5.97 Å². The van der Waals surface area contributed by atoms with E-state index in [9.17, 15) is 4.79 Å².